The SMILES string of the molecule is NC(=O)c1ccc(-n2cccc2Cc2ccccc2Cl)cc1NC1CCC(O)CC1. The van der Waals surface area contributed by atoms with Crippen LogP contribution in [0.3, 0.4) is 0 Å². The topological polar surface area (TPSA) is 80.3 Å². The van der Waals surface area contributed by atoms with E-state index in [4.69, 9.17) is 17.3 Å². The molecule has 1 aliphatic rings. The van der Waals surface area contributed by atoms with Crippen molar-refractivity contribution >= 4 is 23.2 Å². The Morgan fingerprint density at radius 1 is 1.10 bits per heavy atom. The lowest BCUT2D eigenvalue weighted by atomic mass is 9.92. The molecule has 1 fully saturated rings. The van der Waals surface area contributed by atoms with Crippen LogP contribution < -0.4 is 11.1 Å². The normalized spacial score (nSPS) is 18.9. The van der Waals surface area contributed by atoms with E-state index in [2.05, 4.69) is 16.0 Å². The number of nitrogens with one attached hydrogen (secondary N) is 1. The summed E-state index contributed by atoms with van der Waals surface area (Å²) in [5.41, 5.74) is 9.94. The molecule has 1 amide bonds. The number of aromatic nitrogens is 1. The number of nitrogens with two attached hydrogens (primary N) is 1. The number of hydrogen-bond donors (Lipinski definition) is 3. The Labute approximate surface area is 181 Å². The number of carbonyl (C=O) groups is 1. The van der Waals surface area contributed by atoms with Crippen LogP contribution in [0.2, 0.25) is 5.02 Å². The maximum Gasteiger partial charge on any atom is 0.250 e. The molecule has 2 aromatic carbocycles. The summed E-state index contributed by atoms with van der Waals surface area (Å²) in [4.78, 5) is 12.0. The lowest BCUT2D eigenvalue weighted by molar-refractivity contribution is 0.100. The maximum absolute atomic E-state index is 12.0. The van der Waals surface area contributed by atoms with Crippen molar-refractivity contribution < 1.29 is 9.90 Å². The number of halogens is 1. The molecule has 0 atom stereocenters. The van der Waals surface area contributed by atoms with Crippen LogP contribution in [-0.4, -0.2) is 27.7 Å². The molecule has 1 aliphatic carbocycles. The number of aliphatic hydroxyl groups excluding tert-OH is 1. The van der Waals surface area contributed by atoms with E-state index in [1.165, 1.54) is 0 Å². The van der Waals surface area contributed by atoms with Gasteiger partial charge in [-0.1, -0.05) is 29.8 Å². The van der Waals surface area contributed by atoms with Crippen molar-refractivity contribution in [3.8, 4) is 5.69 Å². The minimum atomic E-state index is -0.455. The molecule has 0 unspecified atom stereocenters. The number of rotatable bonds is 6. The summed E-state index contributed by atoms with van der Waals surface area (Å²) in [6.45, 7) is 0. The highest BCUT2D eigenvalue weighted by Crippen LogP contribution is 2.28. The molecular formula is C24H26ClN3O2. The molecule has 0 spiro atoms. The molecule has 5 nitrogen and oxygen atoms in total. The number of hydrogen-bond acceptors (Lipinski definition) is 3. The Balaban J connectivity index is 1.63. The maximum atomic E-state index is 12.0. The zero-order valence-electron chi connectivity index (χ0n) is 16.7. The first-order valence-electron chi connectivity index (χ1n) is 10.3. The third-order valence-corrected chi connectivity index (χ3v) is 6.13. The van der Waals surface area contributed by atoms with Crippen LogP contribution >= 0.6 is 11.6 Å². The lowest BCUT2D eigenvalue weighted by Gasteiger charge is -2.28. The number of primary amides is 1. The Morgan fingerprint density at radius 2 is 1.87 bits per heavy atom. The minimum Gasteiger partial charge on any atom is -0.393 e. The van der Waals surface area contributed by atoms with Gasteiger partial charge in [-0.3, -0.25) is 4.79 Å². The van der Waals surface area contributed by atoms with Crippen molar-refractivity contribution in [1.82, 2.24) is 4.57 Å². The first-order valence-corrected chi connectivity index (χ1v) is 10.7. The first-order chi connectivity index (χ1) is 14.5. The van der Waals surface area contributed by atoms with Gasteiger partial charge >= 0.3 is 0 Å². The second-order valence-corrected chi connectivity index (χ2v) is 8.29. The largest absolute Gasteiger partial charge is 0.393 e. The van der Waals surface area contributed by atoms with E-state index in [-0.39, 0.29) is 12.1 Å². The standard InChI is InChI=1S/C24H26ClN3O2/c25-22-6-2-1-4-16(22)14-18-5-3-13-28(18)19-9-12-21(24(26)30)23(15-19)27-17-7-10-20(29)11-8-17/h1-6,9,12-13,15,17,20,27,29H,7-8,10-11,14H2,(H2,26,30). The number of amides is 1. The van der Waals surface area contributed by atoms with Gasteiger partial charge in [0.05, 0.1) is 11.7 Å². The second-order valence-electron chi connectivity index (χ2n) is 7.88. The van der Waals surface area contributed by atoms with E-state index in [0.717, 1.165) is 53.3 Å². The van der Waals surface area contributed by atoms with Gasteiger partial charge in [-0.05, 0) is 67.6 Å². The number of nitrogens with zero attached hydrogens (tertiary/aromatic N) is 1. The Hall–Kier alpha value is -2.76. The smallest absolute Gasteiger partial charge is 0.250 e. The van der Waals surface area contributed by atoms with Crippen molar-refractivity contribution in [2.24, 2.45) is 5.73 Å². The van der Waals surface area contributed by atoms with E-state index in [0.29, 0.717) is 12.0 Å². The predicted molar refractivity (Wildman–Crippen MR) is 120 cm³/mol. The highest BCUT2D eigenvalue weighted by atomic mass is 35.5. The fourth-order valence-corrected chi connectivity index (χ4v) is 4.31. The highest BCUT2D eigenvalue weighted by molar-refractivity contribution is 6.31. The second kappa shape index (κ2) is 8.94. The molecule has 0 radical (unpaired) electrons. The average Bonchev–Trinajstić information content (AvgIpc) is 3.19. The van der Waals surface area contributed by atoms with E-state index < -0.39 is 5.91 Å². The Morgan fingerprint density at radius 3 is 2.60 bits per heavy atom. The van der Waals surface area contributed by atoms with Crippen LogP contribution in [0.15, 0.2) is 60.8 Å². The molecule has 1 heterocycles. The van der Waals surface area contributed by atoms with Gasteiger partial charge in [0.2, 0.25) is 0 Å². The van der Waals surface area contributed by atoms with Crippen LogP contribution in [0.25, 0.3) is 5.69 Å². The van der Waals surface area contributed by atoms with Gasteiger partial charge < -0.3 is 20.7 Å². The van der Waals surface area contributed by atoms with Gasteiger partial charge in [-0.2, -0.15) is 0 Å². The molecular weight excluding hydrogens is 398 g/mol. The summed E-state index contributed by atoms with van der Waals surface area (Å²) >= 11 is 6.35. The van der Waals surface area contributed by atoms with Gasteiger partial charge in [-0.25, -0.2) is 0 Å². The van der Waals surface area contributed by atoms with Crippen molar-refractivity contribution in [2.45, 2.75) is 44.2 Å². The fraction of sp³-hybridized carbons (Fsp3) is 0.292. The van der Waals surface area contributed by atoms with Crippen LogP contribution in [0, 0.1) is 0 Å². The van der Waals surface area contributed by atoms with Crippen molar-refractivity contribution in [2.75, 3.05) is 5.32 Å². The van der Waals surface area contributed by atoms with Crippen molar-refractivity contribution in [3.05, 3.63) is 82.6 Å². The molecule has 1 aromatic heterocycles. The molecule has 0 aliphatic heterocycles. The van der Waals surface area contributed by atoms with Gasteiger partial charge in [-0.15, -0.1) is 0 Å². The van der Waals surface area contributed by atoms with Crippen LogP contribution in [0.1, 0.15) is 47.3 Å². The molecule has 1 saturated carbocycles. The molecule has 30 heavy (non-hydrogen) atoms. The molecule has 6 heteroatoms. The zero-order valence-corrected chi connectivity index (χ0v) is 17.5. The molecule has 3 aromatic rings. The summed E-state index contributed by atoms with van der Waals surface area (Å²) in [6, 6.07) is 17.8. The molecule has 4 rings (SSSR count). The fourth-order valence-electron chi connectivity index (χ4n) is 4.11. The Bertz CT molecular complexity index is 1040. The average molecular weight is 424 g/mol. The molecule has 156 valence electrons. The predicted octanol–water partition coefficient (Wildman–Crippen LogP) is 4.54. The summed E-state index contributed by atoms with van der Waals surface area (Å²) in [5, 5.41) is 14.0. The zero-order chi connectivity index (χ0) is 21.1. The lowest BCUT2D eigenvalue weighted by Crippen LogP contribution is -2.29. The third-order valence-electron chi connectivity index (χ3n) is 5.77. The third kappa shape index (κ3) is 4.53. The van der Waals surface area contributed by atoms with E-state index >= 15 is 0 Å². The number of carbonyl (C=O) groups excluding carboxylic acids is 1. The molecule has 0 saturated heterocycles. The summed E-state index contributed by atoms with van der Waals surface area (Å²) < 4.78 is 2.10. The van der Waals surface area contributed by atoms with Crippen LogP contribution in [0.4, 0.5) is 5.69 Å². The first kappa shape index (κ1) is 20.5. The van der Waals surface area contributed by atoms with Gasteiger partial charge in [0.1, 0.15) is 0 Å². The van der Waals surface area contributed by atoms with Gasteiger partial charge in [0, 0.05) is 40.8 Å². The summed E-state index contributed by atoms with van der Waals surface area (Å²) in [7, 11) is 0. The van der Waals surface area contributed by atoms with Crippen molar-refractivity contribution in [3.63, 3.8) is 0 Å². The Kier molecular flexibility index (Phi) is 6.11. The summed E-state index contributed by atoms with van der Waals surface area (Å²) in [5.74, 6) is -0.455. The van der Waals surface area contributed by atoms with E-state index in [9.17, 15) is 9.90 Å². The molecule has 4 N–H and O–H groups in total. The van der Waals surface area contributed by atoms with Crippen LogP contribution in [-0.2, 0) is 6.42 Å². The highest BCUT2D eigenvalue weighted by Gasteiger charge is 2.21. The van der Waals surface area contributed by atoms with Gasteiger partial charge in [0.25, 0.3) is 5.91 Å². The monoisotopic (exact) mass is 423 g/mol. The minimum absolute atomic E-state index is 0.217. The number of benzene rings is 2. The van der Waals surface area contributed by atoms with Crippen LogP contribution in [0.5, 0.6) is 0 Å². The number of aliphatic hydroxyl groups is 1. The molecule has 0 bridgehead atoms. The number of anilines is 1. The van der Waals surface area contributed by atoms with E-state index in [1.54, 1.807) is 6.07 Å². The van der Waals surface area contributed by atoms with Gasteiger partial charge in [0.15, 0.2) is 0 Å². The quantitative estimate of drug-likeness (QED) is 0.544. The van der Waals surface area contributed by atoms with Crippen molar-refractivity contribution in [1.29, 1.82) is 0 Å². The summed E-state index contributed by atoms with van der Waals surface area (Å²) in [6.07, 6.45) is 5.75. The van der Waals surface area contributed by atoms with E-state index in [1.807, 2.05) is 48.7 Å².